The molecule has 98 valence electrons. The van der Waals surface area contributed by atoms with Crippen molar-refractivity contribution in [3.63, 3.8) is 0 Å². The van der Waals surface area contributed by atoms with Crippen molar-refractivity contribution in [1.29, 1.82) is 0 Å². The summed E-state index contributed by atoms with van der Waals surface area (Å²) in [5.74, 6) is 0.541. The van der Waals surface area contributed by atoms with Gasteiger partial charge in [-0.2, -0.15) is 0 Å². The minimum absolute atomic E-state index is 0.0466. The van der Waals surface area contributed by atoms with E-state index >= 15 is 0 Å². The lowest BCUT2D eigenvalue weighted by atomic mass is 9.97. The van der Waals surface area contributed by atoms with Crippen LogP contribution in [0.2, 0.25) is 5.02 Å². The van der Waals surface area contributed by atoms with E-state index in [0.29, 0.717) is 21.9 Å². The van der Waals surface area contributed by atoms with E-state index < -0.39 is 0 Å². The maximum absolute atomic E-state index is 12.6. The highest BCUT2D eigenvalue weighted by Crippen LogP contribution is 2.25. The molecule has 0 bridgehead atoms. The molecule has 19 heavy (non-hydrogen) atoms. The van der Waals surface area contributed by atoms with E-state index in [-0.39, 0.29) is 5.78 Å². The molecule has 2 rings (SSSR count). The third kappa shape index (κ3) is 2.79. The average Bonchev–Trinajstić information content (AvgIpc) is 2.38. The van der Waals surface area contributed by atoms with Gasteiger partial charge in [0.15, 0.2) is 5.78 Å². The summed E-state index contributed by atoms with van der Waals surface area (Å²) in [5.41, 5.74) is 3.11. The van der Waals surface area contributed by atoms with E-state index in [9.17, 15) is 4.79 Å². The Labute approximate surface area is 118 Å². The van der Waals surface area contributed by atoms with Crippen LogP contribution < -0.4 is 4.74 Å². The zero-order chi connectivity index (χ0) is 14.0. The maximum Gasteiger partial charge on any atom is 0.197 e. The summed E-state index contributed by atoms with van der Waals surface area (Å²) in [6.45, 7) is 3.83. The smallest absolute Gasteiger partial charge is 0.197 e. The summed E-state index contributed by atoms with van der Waals surface area (Å²) in [4.78, 5) is 12.6. The van der Waals surface area contributed by atoms with Gasteiger partial charge in [-0.05, 0) is 49.7 Å². The number of hydrogen-bond acceptors (Lipinski definition) is 2. The summed E-state index contributed by atoms with van der Waals surface area (Å²) in [6.07, 6.45) is 0. The zero-order valence-corrected chi connectivity index (χ0v) is 11.9. The highest BCUT2D eigenvalue weighted by atomic mass is 35.5. The number of rotatable bonds is 3. The van der Waals surface area contributed by atoms with E-state index in [4.69, 9.17) is 16.3 Å². The fourth-order valence-corrected chi connectivity index (χ4v) is 2.25. The highest BCUT2D eigenvalue weighted by Gasteiger charge is 2.16. The Morgan fingerprint density at radius 1 is 1.05 bits per heavy atom. The van der Waals surface area contributed by atoms with Crippen molar-refractivity contribution < 1.29 is 9.53 Å². The first-order valence-corrected chi connectivity index (χ1v) is 6.36. The molecular weight excluding hydrogens is 260 g/mol. The lowest BCUT2D eigenvalue weighted by molar-refractivity contribution is 0.103. The Morgan fingerprint density at radius 3 is 2.42 bits per heavy atom. The van der Waals surface area contributed by atoms with Gasteiger partial charge in [0, 0.05) is 10.6 Å². The molecule has 0 amide bonds. The maximum atomic E-state index is 12.6. The standard InChI is InChI=1S/C16H15ClO2/c1-10-4-7-15(19-3)14(8-10)16(18)13-6-5-12(17)9-11(13)2/h4-9H,1-3H3. The number of ketones is 1. The molecule has 0 aliphatic carbocycles. The molecule has 0 aromatic heterocycles. The van der Waals surface area contributed by atoms with Crippen molar-refractivity contribution >= 4 is 17.4 Å². The van der Waals surface area contributed by atoms with Crippen molar-refractivity contribution in [2.75, 3.05) is 7.11 Å². The number of benzene rings is 2. The van der Waals surface area contributed by atoms with Crippen LogP contribution in [0.5, 0.6) is 5.75 Å². The van der Waals surface area contributed by atoms with E-state index in [0.717, 1.165) is 11.1 Å². The number of carbonyl (C=O) groups is 1. The Kier molecular flexibility index (Phi) is 3.91. The molecule has 0 aliphatic rings. The number of methoxy groups -OCH3 is 1. The zero-order valence-electron chi connectivity index (χ0n) is 11.2. The number of aryl methyl sites for hydroxylation is 2. The van der Waals surface area contributed by atoms with Crippen LogP contribution >= 0.6 is 11.6 Å². The van der Waals surface area contributed by atoms with Crippen molar-refractivity contribution in [3.8, 4) is 5.75 Å². The largest absolute Gasteiger partial charge is 0.496 e. The van der Waals surface area contributed by atoms with Crippen molar-refractivity contribution in [1.82, 2.24) is 0 Å². The van der Waals surface area contributed by atoms with Crippen LogP contribution in [0.4, 0.5) is 0 Å². The third-order valence-corrected chi connectivity index (χ3v) is 3.27. The molecule has 0 atom stereocenters. The van der Waals surface area contributed by atoms with Crippen molar-refractivity contribution in [2.24, 2.45) is 0 Å². The average molecular weight is 275 g/mol. The van der Waals surface area contributed by atoms with Crippen LogP contribution in [0.3, 0.4) is 0 Å². The topological polar surface area (TPSA) is 26.3 Å². The number of hydrogen-bond donors (Lipinski definition) is 0. The van der Waals surface area contributed by atoms with Gasteiger partial charge in [0.05, 0.1) is 12.7 Å². The molecule has 0 N–H and O–H groups in total. The molecule has 0 saturated carbocycles. The van der Waals surface area contributed by atoms with Crippen molar-refractivity contribution in [3.05, 3.63) is 63.7 Å². The molecule has 0 saturated heterocycles. The fourth-order valence-electron chi connectivity index (χ4n) is 2.03. The highest BCUT2D eigenvalue weighted by molar-refractivity contribution is 6.30. The molecule has 0 radical (unpaired) electrons. The van der Waals surface area contributed by atoms with Crippen LogP contribution in [0.15, 0.2) is 36.4 Å². The monoisotopic (exact) mass is 274 g/mol. The quantitative estimate of drug-likeness (QED) is 0.784. The van der Waals surface area contributed by atoms with E-state index in [1.807, 2.05) is 32.0 Å². The van der Waals surface area contributed by atoms with Gasteiger partial charge in [-0.1, -0.05) is 23.2 Å². The Hall–Kier alpha value is -1.80. The molecule has 2 nitrogen and oxygen atoms in total. The van der Waals surface area contributed by atoms with Gasteiger partial charge in [-0.3, -0.25) is 4.79 Å². The molecule has 0 spiro atoms. The van der Waals surface area contributed by atoms with Crippen LogP contribution in [0.1, 0.15) is 27.0 Å². The molecule has 2 aromatic rings. The van der Waals surface area contributed by atoms with Crippen LogP contribution in [0.25, 0.3) is 0 Å². The Morgan fingerprint density at radius 2 is 1.79 bits per heavy atom. The number of halogens is 1. The first-order valence-electron chi connectivity index (χ1n) is 5.98. The molecule has 0 heterocycles. The van der Waals surface area contributed by atoms with Gasteiger partial charge < -0.3 is 4.74 Å². The first-order chi connectivity index (χ1) is 9.02. The summed E-state index contributed by atoms with van der Waals surface area (Å²) >= 11 is 5.92. The number of carbonyl (C=O) groups excluding carboxylic acids is 1. The number of ether oxygens (including phenoxy) is 1. The lowest BCUT2D eigenvalue weighted by Gasteiger charge is -2.10. The predicted octanol–water partition coefficient (Wildman–Crippen LogP) is 4.20. The van der Waals surface area contributed by atoms with E-state index in [1.54, 1.807) is 25.3 Å². The van der Waals surface area contributed by atoms with Gasteiger partial charge in [0.1, 0.15) is 5.75 Å². The van der Waals surface area contributed by atoms with Gasteiger partial charge in [0.2, 0.25) is 0 Å². The van der Waals surface area contributed by atoms with Crippen LogP contribution in [-0.2, 0) is 0 Å². The SMILES string of the molecule is COc1ccc(C)cc1C(=O)c1ccc(Cl)cc1C. The second-order valence-electron chi connectivity index (χ2n) is 4.49. The molecule has 3 heteroatoms. The third-order valence-electron chi connectivity index (χ3n) is 3.03. The molecule has 2 aromatic carbocycles. The van der Waals surface area contributed by atoms with Gasteiger partial charge in [-0.25, -0.2) is 0 Å². The van der Waals surface area contributed by atoms with Gasteiger partial charge in [-0.15, -0.1) is 0 Å². The van der Waals surface area contributed by atoms with E-state index in [1.165, 1.54) is 0 Å². The molecule has 0 fully saturated rings. The summed E-state index contributed by atoms with van der Waals surface area (Å²) in [6, 6.07) is 10.8. The minimum Gasteiger partial charge on any atom is -0.496 e. The fraction of sp³-hybridized carbons (Fsp3) is 0.188. The van der Waals surface area contributed by atoms with Crippen molar-refractivity contribution in [2.45, 2.75) is 13.8 Å². The normalized spacial score (nSPS) is 10.3. The minimum atomic E-state index is -0.0466. The second-order valence-corrected chi connectivity index (χ2v) is 4.93. The Bertz CT molecular complexity index is 633. The molecule has 0 aliphatic heterocycles. The summed E-state index contributed by atoms with van der Waals surface area (Å²) in [5, 5.41) is 0.630. The van der Waals surface area contributed by atoms with Crippen LogP contribution in [0, 0.1) is 13.8 Å². The second kappa shape index (κ2) is 5.45. The van der Waals surface area contributed by atoms with E-state index in [2.05, 4.69) is 0 Å². The summed E-state index contributed by atoms with van der Waals surface area (Å²) in [7, 11) is 1.57. The summed E-state index contributed by atoms with van der Waals surface area (Å²) < 4.78 is 5.26. The lowest BCUT2D eigenvalue weighted by Crippen LogP contribution is -2.06. The molecule has 0 unspecified atom stereocenters. The molecular formula is C16H15ClO2. The van der Waals surface area contributed by atoms with Gasteiger partial charge >= 0.3 is 0 Å². The first kappa shape index (κ1) is 13.6. The van der Waals surface area contributed by atoms with Gasteiger partial charge in [0.25, 0.3) is 0 Å². The Balaban J connectivity index is 2.52. The van der Waals surface area contributed by atoms with Crippen LogP contribution in [-0.4, -0.2) is 12.9 Å². The predicted molar refractivity (Wildman–Crippen MR) is 77.4 cm³/mol.